The number of aromatic nitrogens is 3. The number of aliphatic hydroxyl groups excluding tert-OH is 1. The number of ether oxygens (including phenoxy) is 1. The number of nitrogens with one attached hydrogen (secondary N) is 2. The Morgan fingerprint density at radius 1 is 1.27 bits per heavy atom. The van der Waals surface area contributed by atoms with Crippen LogP contribution >= 0.6 is 0 Å². The monoisotopic (exact) mass is 509 g/mol. The first-order valence-electron chi connectivity index (χ1n) is 12.6. The van der Waals surface area contributed by atoms with Crippen LogP contribution in [0, 0.1) is 31.0 Å². The average molecular weight is 510 g/mol. The van der Waals surface area contributed by atoms with E-state index in [1.54, 1.807) is 30.9 Å². The predicted octanol–water partition coefficient (Wildman–Crippen LogP) is 3.13. The Labute approximate surface area is 214 Å². The second kappa shape index (κ2) is 9.41. The van der Waals surface area contributed by atoms with E-state index in [9.17, 15) is 14.7 Å². The molecule has 1 atom stereocenters. The van der Waals surface area contributed by atoms with Crippen LogP contribution in [0.5, 0.6) is 5.75 Å². The van der Waals surface area contributed by atoms with Crippen molar-refractivity contribution in [2.24, 2.45) is 11.3 Å². The molecule has 0 bridgehead atoms. The minimum Gasteiger partial charge on any atom is -0.492 e. The fourth-order valence-corrected chi connectivity index (χ4v) is 4.98. The summed E-state index contributed by atoms with van der Waals surface area (Å²) in [5, 5.41) is 12.3. The summed E-state index contributed by atoms with van der Waals surface area (Å²) in [6, 6.07) is 3.12. The molecular formula is C27H32FN5O4. The molecule has 0 spiro atoms. The van der Waals surface area contributed by atoms with Gasteiger partial charge in [-0.05, 0) is 44.2 Å². The summed E-state index contributed by atoms with van der Waals surface area (Å²) in [5.74, 6) is -0.235. The number of carbonyl (C=O) groups is 2. The van der Waals surface area contributed by atoms with E-state index in [1.807, 2.05) is 13.8 Å². The summed E-state index contributed by atoms with van der Waals surface area (Å²) in [6.45, 7) is 8.06. The lowest BCUT2D eigenvalue weighted by Gasteiger charge is -2.26. The Morgan fingerprint density at radius 2 is 2.03 bits per heavy atom. The van der Waals surface area contributed by atoms with Crippen LogP contribution in [0.1, 0.15) is 48.3 Å². The lowest BCUT2D eigenvalue weighted by molar-refractivity contribution is -0.133. The zero-order valence-corrected chi connectivity index (χ0v) is 21.5. The Bertz CT molecular complexity index is 1380. The number of hydrogen-bond acceptors (Lipinski definition) is 6. The zero-order valence-electron chi connectivity index (χ0n) is 21.5. The SMILES string of the molecule is Cc1ccc(OCC2CC2)c(-c2ncnc3c(C(=O)NC4CN(C(=O)CO)CC4(C)C)c(C)[nH]c23)c1F. The molecule has 3 aromatic rings. The molecule has 1 unspecified atom stereocenters. The molecule has 1 aromatic carbocycles. The van der Waals surface area contributed by atoms with Gasteiger partial charge in [-0.1, -0.05) is 19.9 Å². The summed E-state index contributed by atoms with van der Waals surface area (Å²) in [4.78, 5) is 39.1. The molecule has 10 heteroatoms. The molecule has 9 nitrogen and oxygen atoms in total. The highest BCUT2D eigenvalue weighted by Gasteiger charge is 2.42. The van der Waals surface area contributed by atoms with Crippen molar-refractivity contribution in [1.82, 2.24) is 25.2 Å². The van der Waals surface area contributed by atoms with E-state index in [2.05, 4.69) is 20.3 Å². The molecule has 2 aromatic heterocycles. The number of hydrogen-bond donors (Lipinski definition) is 3. The number of aryl methyl sites for hydroxylation is 2. The lowest BCUT2D eigenvalue weighted by atomic mass is 9.87. The summed E-state index contributed by atoms with van der Waals surface area (Å²) < 4.78 is 21.5. The highest BCUT2D eigenvalue weighted by atomic mass is 19.1. The normalized spacial score (nSPS) is 18.9. The van der Waals surface area contributed by atoms with Gasteiger partial charge in [0.2, 0.25) is 5.91 Å². The van der Waals surface area contributed by atoms with Gasteiger partial charge in [-0.3, -0.25) is 9.59 Å². The predicted molar refractivity (Wildman–Crippen MR) is 136 cm³/mol. The third-order valence-electron chi connectivity index (χ3n) is 7.44. The van der Waals surface area contributed by atoms with Crippen molar-refractivity contribution in [3.8, 4) is 17.0 Å². The van der Waals surface area contributed by atoms with Crippen molar-refractivity contribution in [3.05, 3.63) is 41.1 Å². The second-order valence-corrected chi connectivity index (χ2v) is 10.8. The first-order chi connectivity index (χ1) is 17.6. The maximum Gasteiger partial charge on any atom is 0.255 e. The van der Waals surface area contributed by atoms with Crippen molar-refractivity contribution >= 4 is 22.8 Å². The molecule has 2 fully saturated rings. The number of aromatic amines is 1. The minimum absolute atomic E-state index is 0.247. The molecule has 0 radical (unpaired) electrons. The summed E-state index contributed by atoms with van der Waals surface area (Å²) in [6.07, 6.45) is 3.55. The highest BCUT2D eigenvalue weighted by molar-refractivity contribution is 6.09. The molecule has 2 amide bonds. The van der Waals surface area contributed by atoms with Crippen molar-refractivity contribution in [2.75, 3.05) is 26.3 Å². The standard InChI is InChI=1S/C27H32FN5O4/c1-14-5-8-17(37-11-16-6-7-16)21(22(14)28)24-25-23(29-13-30-24)20(15(2)31-25)26(36)32-18-9-33(19(35)10-34)12-27(18,3)4/h5,8,13,16,18,31,34H,6-7,9-12H2,1-4H3,(H,32,36). The Kier molecular flexibility index (Phi) is 6.39. The van der Waals surface area contributed by atoms with Gasteiger partial charge in [-0.2, -0.15) is 0 Å². The zero-order chi connectivity index (χ0) is 26.5. The number of aliphatic hydroxyl groups is 1. The molecule has 37 heavy (non-hydrogen) atoms. The van der Waals surface area contributed by atoms with Crippen LogP contribution in [-0.2, 0) is 4.79 Å². The topological polar surface area (TPSA) is 120 Å². The number of fused-ring (bicyclic) bond motifs is 1. The maximum absolute atomic E-state index is 15.5. The van der Waals surface area contributed by atoms with Crippen LogP contribution in [0.4, 0.5) is 4.39 Å². The molecule has 3 heterocycles. The Morgan fingerprint density at radius 3 is 2.73 bits per heavy atom. The summed E-state index contributed by atoms with van der Waals surface area (Å²) in [5.41, 5.74) is 2.40. The van der Waals surface area contributed by atoms with Gasteiger partial charge in [-0.15, -0.1) is 0 Å². The molecular weight excluding hydrogens is 477 g/mol. The minimum atomic E-state index is -0.570. The van der Waals surface area contributed by atoms with Gasteiger partial charge in [0.15, 0.2) is 0 Å². The van der Waals surface area contributed by atoms with E-state index >= 15 is 4.39 Å². The number of rotatable bonds is 7. The van der Waals surface area contributed by atoms with Gasteiger partial charge in [0, 0.05) is 24.2 Å². The van der Waals surface area contributed by atoms with Crippen molar-refractivity contribution in [3.63, 3.8) is 0 Å². The van der Waals surface area contributed by atoms with Gasteiger partial charge >= 0.3 is 0 Å². The van der Waals surface area contributed by atoms with E-state index in [4.69, 9.17) is 4.74 Å². The molecule has 1 saturated heterocycles. The lowest BCUT2D eigenvalue weighted by Crippen LogP contribution is -2.44. The highest BCUT2D eigenvalue weighted by Crippen LogP contribution is 2.39. The fraction of sp³-hybridized carbons (Fsp3) is 0.481. The maximum atomic E-state index is 15.5. The third-order valence-corrected chi connectivity index (χ3v) is 7.44. The van der Waals surface area contributed by atoms with Crippen LogP contribution in [0.25, 0.3) is 22.3 Å². The molecule has 1 aliphatic heterocycles. The quantitative estimate of drug-likeness (QED) is 0.450. The molecule has 1 saturated carbocycles. The number of benzene rings is 1. The van der Waals surface area contributed by atoms with E-state index in [0.717, 1.165) is 12.8 Å². The van der Waals surface area contributed by atoms with Crippen LogP contribution in [0.3, 0.4) is 0 Å². The molecule has 2 aliphatic rings. The van der Waals surface area contributed by atoms with Gasteiger partial charge in [-0.25, -0.2) is 14.4 Å². The van der Waals surface area contributed by atoms with Crippen molar-refractivity contribution in [1.29, 1.82) is 0 Å². The van der Waals surface area contributed by atoms with E-state index < -0.39 is 12.4 Å². The van der Waals surface area contributed by atoms with Crippen LogP contribution in [0.2, 0.25) is 0 Å². The summed E-state index contributed by atoms with van der Waals surface area (Å²) >= 11 is 0. The van der Waals surface area contributed by atoms with Crippen LogP contribution < -0.4 is 10.1 Å². The smallest absolute Gasteiger partial charge is 0.255 e. The fourth-order valence-electron chi connectivity index (χ4n) is 4.98. The van der Waals surface area contributed by atoms with E-state index in [1.165, 1.54) is 6.33 Å². The number of amides is 2. The van der Waals surface area contributed by atoms with E-state index in [-0.39, 0.29) is 28.8 Å². The number of nitrogens with zero attached hydrogens (tertiary/aromatic N) is 3. The Hall–Kier alpha value is -3.53. The first kappa shape index (κ1) is 25.1. The average Bonchev–Trinajstić information content (AvgIpc) is 3.55. The molecule has 196 valence electrons. The van der Waals surface area contributed by atoms with Gasteiger partial charge < -0.3 is 25.0 Å². The number of H-pyrrole nitrogens is 1. The summed E-state index contributed by atoms with van der Waals surface area (Å²) in [7, 11) is 0. The number of carbonyl (C=O) groups excluding carboxylic acids is 2. The van der Waals surface area contributed by atoms with Crippen LogP contribution in [-0.4, -0.2) is 69.1 Å². The Balaban J connectivity index is 1.50. The van der Waals surface area contributed by atoms with Crippen molar-refractivity contribution in [2.45, 2.75) is 46.6 Å². The third kappa shape index (κ3) is 4.66. The largest absolute Gasteiger partial charge is 0.492 e. The van der Waals surface area contributed by atoms with E-state index in [0.29, 0.717) is 64.9 Å². The first-order valence-corrected chi connectivity index (χ1v) is 12.6. The van der Waals surface area contributed by atoms with Gasteiger partial charge in [0.25, 0.3) is 5.91 Å². The molecule has 1 aliphatic carbocycles. The number of halogens is 1. The van der Waals surface area contributed by atoms with Crippen molar-refractivity contribution < 1.29 is 23.8 Å². The van der Waals surface area contributed by atoms with Gasteiger partial charge in [0.1, 0.15) is 35.7 Å². The van der Waals surface area contributed by atoms with Crippen LogP contribution in [0.15, 0.2) is 18.5 Å². The second-order valence-electron chi connectivity index (χ2n) is 10.8. The number of likely N-dealkylation sites (tertiary alicyclic amines) is 1. The molecule has 3 N–H and O–H groups in total. The van der Waals surface area contributed by atoms with Gasteiger partial charge in [0.05, 0.1) is 29.3 Å². The molecule has 5 rings (SSSR count).